The number of hydrazine groups is 1. The molecule has 0 atom stereocenters. The molecule has 0 amide bonds. The highest BCUT2D eigenvalue weighted by atomic mass is 16.4. The van der Waals surface area contributed by atoms with Crippen molar-refractivity contribution in [2.24, 2.45) is 10.9 Å². The Bertz CT molecular complexity index is 480. The van der Waals surface area contributed by atoms with Crippen LogP contribution in [0.1, 0.15) is 16.7 Å². The molecule has 2 rings (SSSR count). The van der Waals surface area contributed by atoms with Gasteiger partial charge < -0.3 is 15.8 Å². The molecule has 1 aliphatic heterocycles. The predicted molar refractivity (Wildman–Crippen MR) is 79.6 cm³/mol. The maximum absolute atomic E-state index is 8.68. The van der Waals surface area contributed by atoms with Gasteiger partial charge in [-0.3, -0.25) is 5.43 Å². The monoisotopic (exact) mass is 277 g/mol. The van der Waals surface area contributed by atoms with Crippen LogP contribution in [0.25, 0.3) is 0 Å². The Balaban J connectivity index is 1.93. The lowest BCUT2D eigenvalue weighted by atomic mass is 10.0. The number of rotatable bonds is 4. The summed E-state index contributed by atoms with van der Waals surface area (Å²) < 4.78 is 0. The van der Waals surface area contributed by atoms with E-state index in [0.29, 0.717) is 0 Å². The van der Waals surface area contributed by atoms with Crippen LogP contribution < -0.4 is 11.2 Å². The third-order valence-electron chi connectivity index (χ3n) is 3.74. The zero-order valence-electron chi connectivity index (χ0n) is 12.1. The average Bonchev–Trinajstić information content (AvgIpc) is 2.46. The van der Waals surface area contributed by atoms with E-state index < -0.39 is 0 Å². The van der Waals surface area contributed by atoms with Crippen LogP contribution in [0, 0.1) is 6.92 Å². The number of likely N-dealkylation sites (N-methyl/N-ethyl adjacent to an activating group) is 1. The van der Waals surface area contributed by atoms with Gasteiger partial charge in [0.25, 0.3) is 0 Å². The van der Waals surface area contributed by atoms with Crippen LogP contribution in [0.15, 0.2) is 23.4 Å². The van der Waals surface area contributed by atoms with E-state index in [-0.39, 0.29) is 5.84 Å². The fraction of sp³-hybridized carbons (Fsp3) is 0.500. The second kappa shape index (κ2) is 6.69. The number of piperazine rings is 1. The van der Waals surface area contributed by atoms with Crippen molar-refractivity contribution >= 4 is 5.84 Å². The van der Waals surface area contributed by atoms with Crippen molar-refractivity contribution in [1.29, 1.82) is 0 Å². The average molecular weight is 277 g/mol. The Kier molecular flexibility index (Phi) is 4.94. The highest BCUT2D eigenvalue weighted by molar-refractivity contribution is 5.97. The van der Waals surface area contributed by atoms with E-state index in [1.807, 2.05) is 25.1 Å². The zero-order chi connectivity index (χ0) is 14.5. The summed E-state index contributed by atoms with van der Waals surface area (Å²) >= 11 is 0. The van der Waals surface area contributed by atoms with Crippen LogP contribution in [0.4, 0.5) is 0 Å². The first-order chi connectivity index (χ1) is 9.60. The molecule has 0 unspecified atom stereocenters. The number of benzene rings is 1. The molecular weight excluding hydrogens is 254 g/mol. The summed E-state index contributed by atoms with van der Waals surface area (Å²) in [6.07, 6.45) is 0. The molecule has 0 spiro atoms. The van der Waals surface area contributed by atoms with Gasteiger partial charge in [-0.25, -0.2) is 5.01 Å². The minimum absolute atomic E-state index is 0.145. The minimum atomic E-state index is 0.145. The first-order valence-corrected chi connectivity index (χ1v) is 6.84. The molecule has 1 heterocycles. The van der Waals surface area contributed by atoms with Crippen molar-refractivity contribution < 1.29 is 5.21 Å². The van der Waals surface area contributed by atoms with Gasteiger partial charge in [-0.2, -0.15) is 0 Å². The summed E-state index contributed by atoms with van der Waals surface area (Å²) in [5, 5.41) is 14.0. The second-order valence-corrected chi connectivity index (χ2v) is 5.25. The molecular formula is C14H23N5O. The van der Waals surface area contributed by atoms with Gasteiger partial charge in [-0.1, -0.05) is 17.3 Å². The standard InChI is InChI=1S/C14H23N5O/c1-11-9-12(14(15)17-20)3-4-13(11)10-16-19-7-5-18(2)6-8-19/h3-4,9,16,20H,5-8,10H2,1-2H3,(H2,15,17). The quantitative estimate of drug-likeness (QED) is 0.320. The van der Waals surface area contributed by atoms with Crippen molar-refractivity contribution in [3.05, 3.63) is 34.9 Å². The second-order valence-electron chi connectivity index (χ2n) is 5.25. The predicted octanol–water partition coefficient (Wildman–Crippen LogP) is 0.342. The fourth-order valence-electron chi connectivity index (χ4n) is 2.27. The van der Waals surface area contributed by atoms with E-state index in [1.54, 1.807) is 0 Å². The van der Waals surface area contributed by atoms with E-state index in [4.69, 9.17) is 10.9 Å². The van der Waals surface area contributed by atoms with Crippen LogP contribution in [0.2, 0.25) is 0 Å². The lowest BCUT2D eigenvalue weighted by Crippen LogP contribution is -2.50. The molecule has 0 saturated carbocycles. The van der Waals surface area contributed by atoms with Gasteiger partial charge in [0.15, 0.2) is 5.84 Å². The Labute approximate surface area is 119 Å². The van der Waals surface area contributed by atoms with Crippen molar-refractivity contribution in [1.82, 2.24) is 15.3 Å². The Morgan fingerprint density at radius 2 is 2.05 bits per heavy atom. The molecule has 6 heteroatoms. The summed E-state index contributed by atoms with van der Waals surface area (Å²) in [6.45, 7) is 7.10. The lowest BCUT2D eigenvalue weighted by molar-refractivity contribution is 0.102. The summed E-state index contributed by atoms with van der Waals surface area (Å²) in [7, 11) is 2.15. The molecule has 4 N–H and O–H groups in total. The lowest BCUT2D eigenvalue weighted by Gasteiger charge is -2.32. The van der Waals surface area contributed by atoms with E-state index >= 15 is 0 Å². The summed E-state index contributed by atoms with van der Waals surface area (Å²) in [6, 6.07) is 5.84. The van der Waals surface area contributed by atoms with Gasteiger partial charge in [0.05, 0.1) is 0 Å². The number of hydrogen-bond acceptors (Lipinski definition) is 5. The Morgan fingerprint density at radius 3 is 2.65 bits per heavy atom. The van der Waals surface area contributed by atoms with Crippen molar-refractivity contribution in [2.75, 3.05) is 33.2 Å². The van der Waals surface area contributed by atoms with E-state index in [2.05, 4.69) is 27.5 Å². The topological polar surface area (TPSA) is 77.1 Å². The number of nitrogens with two attached hydrogens (primary N) is 1. The smallest absolute Gasteiger partial charge is 0.170 e. The van der Waals surface area contributed by atoms with Crippen LogP contribution in [-0.4, -0.2) is 54.2 Å². The minimum Gasteiger partial charge on any atom is -0.409 e. The first kappa shape index (κ1) is 14.8. The Hall–Kier alpha value is -1.63. The van der Waals surface area contributed by atoms with E-state index in [9.17, 15) is 0 Å². The van der Waals surface area contributed by atoms with Gasteiger partial charge in [-0.05, 0) is 31.2 Å². The van der Waals surface area contributed by atoms with Crippen LogP contribution in [0.5, 0.6) is 0 Å². The molecule has 0 radical (unpaired) electrons. The Morgan fingerprint density at radius 1 is 1.35 bits per heavy atom. The van der Waals surface area contributed by atoms with Crippen LogP contribution >= 0.6 is 0 Å². The number of hydrogen-bond donors (Lipinski definition) is 3. The van der Waals surface area contributed by atoms with Gasteiger partial charge in [-0.15, -0.1) is 0 Å². The molecule has 1 saturated heterocycles. The molecule has 1 aromatic carbocycles. The summed E-state index contributed by atoms with van der Waals surface area (Å²) in [5.41, 5.74) is 12.1. The number of aryl methyl sites for hydroxylation is 1. The van der Waals surface area contributed by atoms with Crippen molar-refractivity contribution in [2.45, 2.75) is 13.5 Å². The van der Waals surface area contributed by atoms with Gasteiger partial charge in [0, 0.05) is 38.3 Å². The summed E-state index contributed by atoms with van der Waals surface area (Å²) in [4.78, 5) is 2.33. The highest BCUT2D eigenvalue weighted by Crippen LogP contribution is 2.11. The molecule has 1 fully saturated rings. The molecule has 20 heavy (non-hydrogen) atoms. The van der Waals surface area contributed by atoms with Gasteiger partial charge >= 0.3 is 0 Å². The van der Waals surface area contributed by atoms with Crippen LogP contribution in [-0.2, 0) is 6.54 Å². The molecule has 110 valence electrons. The fourth-order valence-corrected chi connectivity index (χ4v) is 2.27. The number of nitrogens with one attached hydrogen (secondary N) is 1. The molecule has 6 nitrogen and oxygen atoms in total. The number of oxime groups is 1. The maximum atomic E-state index is 8.68. The number of amidine groups is 1. The molecule has 0 aliphatic carbocycles. The SMILES string of the molecule is Cc1cc(/C(N)=N/O)ccc1CNN1CCN(C)CC1. The first-order valence-electron chi connectivity index (χ1n) is 6.84. The number of nitrogens with zero attached hydrogens (tertiary/aromatic N) is 3. The van der Waals surface area contributed by atoms with E-state index in [0.717, 1.165) is 43.9 Å². The van der Waals surface area contributed by atoms with Gasteiger partial charge in [0.1, 0.15) is 0 Å². The molecule has 0 aromatic heterocycles. The molecule has 1 aliphatic rings. The molecule has 1 aromatic rings. The van der Waals surface area contributed by atoms with E-state index in [1.165, 1.54) is 5.56 Å². The summed E-state index contributed by atoms with van der Waals surface area (Å²) in [5.74, 6) is 0.145. The van der Waals surface area contributed by atoms with Crippen LogP contribution in [0.3, 0.4) is 0 Å². The van der Waals surface area contributed by atoms with Gasteiger partial charge in [0.2, 0.25) is 0 Å². The third kappa shape index (κ3) is 3.69. The highest BCUT2D eigenvalue weighted by Gasteiger charge is 2.13. The molecule has 0 bridgehead atoms. The normalized spacial score (nSPS) is 18.4. The van der Waals surface area contributed by atoms with Crippen molar-refractivity contribution in [3.63, 3.8) is 0 Å². The van der Waals surface area contributed by atoms with Crippen molar-refractivity contribution in [3.8, 4) is 0 Å². The largest absolute Gasteiger partial charge is 0.409 e. The maximum Gasteiger partial charge on any atom is 0.170 e. The third-order valence-corrected chi connectivity index (χ3v) is 3.74. The zero-order valence-corrected chi connectivity index (χ0v) is 12.1.